The van der Waals surface area contributed by atoms with E-state index in [9.17, 15) is 8.42 Å². The summed E-state index contributed by atoms with van der Waals surface area (Å²) in [7, 11) is -3.80. The van der Waals surface area contributed by atoms with Crippen molar-refractivity contribution in [2.75, 3.05) is 11.1 Å². The van der Waals surface area contributed by atoms with Crippen molar-refractivity contribution in [1.29, 1.82) is 0 Å². The molecule has 112 valence electrons. The van der Waals surface area contributed by atoms with Crippen molar-refractivity contribution in [3.05, 3.63) is 47.3 Å². The van der Waals surface area contributed by atoms with Crippen molar-refractivity contribution >= 4 is 21.4 Å². The number of primary sulfonamides is 1. The van der Waals surface area contributed by atoms with Crippen molar-refractivity contribution in [3.63, 3.8) is 0 Å². The molecule has 7 heteroatoms. The Morgan fingerprint density at radius 2 is 1.95 bits per heavy atom. The number of nitrogens with zero attached hydrogens (tertiary/aromatic N) is 1. The van der Waals surface area contributed by atoms with Crippen LogP contribution in [0.25, 0.3) is 0 Å². The number of pyridine rings is 1. The van der Waals surface area contributed by atoms with Crippen LogP contribution in [-0.4, -0.2) is 13.4 Å². The molecule has 0 spiro atoms. The molecular weight excluding hydrogens is 288 g/mol. The van der Waals surface area contributed by atoms with Crippen LogP contribution in [0.4, 0.5) is 11.4 Å². The van der Waals surface area contributed by atoms with E-state index in [1.165, 1.54) is 6.07 Å². The molecule has 21 heavy (non-hydrogen) atoms. The van der Waals surface area contributed by atoms with E-state index in [2.05, 4.69) is 10.3 Å². The molecule has 0 fully saturated rings. The molecule has 1 heterocycles. The number of hydrogen-bond donors (Lipinski definition) is 3. The smallest absolute Gasteiger partial charge is 0.238 e. The van der Waals surface area contributed by atoms with E-state index in [0.717, 1.165) is 11.3 Å². The molecule has 2 aromatic rings. The largest absolute Gasteiger partial charge is 0.399 e. The van der Waals surface area contributed by atoms with Gasteiger partial charge in [-0.15, -0.1) is 0 Å². The molecule has 0 bridgehead atoms. The van der Waals surface area contributed by atoms with Crippen LogP contribution in [0.5, 0.6) is 0 Å². The summed E-state index contributed by atoms with van der Waals surface area (Å²) < 4.78 is 23.1. The molecular formula is C14H18N4O2S. The molecule has 0 atom stereocenters. The number of nitrogen functional groups attached to an aromatic ring is 1. The van der Waals surface area contributed by atoms with E-state index >= 15 is 0 Å². The van der Waals surface area contributed by atoms with Gasteiger partial charge in [-0.2, -0.15) is 0 Å². The number of sulfonamides is 1. The van der Waals surface area contributed by atoms with Gasteiger partial charge in [0, 0.05) is 29.8 Å². The second kappa shape index (κ2) is 5.71. The van der Waals surface area contributed by atoms with E-state index < -0.39 is 10.0 Å². The predicted octanol–water partition coefficient (Wildman–Crippen LogP) is 1.54. The highest BCUT2D eigenvalue weighted by atomic mass is 32.2. The van der Waals surface area contributed by atoms with Gasteiger partial charge >= 0.3 is 0 Å². The quantitative estimate of drug-likeness (QED) is 0.742. The van der Waals surface area contributed by atoms with Crippen molar-refractivity contribution in [2.24, 2.45) is 5.14 Å². The predicted molar refractivity (Wildman–Crippen MR) is 83.3 cm³/mol. The highest BCUT2D eigenvalue weighted by Gasteiger charge is 2.15. The van der Waals surface area contributed by atoms with Crippen LogP contribution in [-0.2, 0) is 16.6 Å². The maximum absolute atomic E-state index is 11.6. The van der Waals surface area contributed by atoms with Gasteiger partial charge in [0.15, 0.2) is 0 Å². The highest BCUT2D eigenvalue weighted by Crippen LogP contribution is 2.26. The van der Waals surface area contributed by atoms with Crippen molar-refractivity contribution in [3.8, 4) is 0 Å². The Morgan fingerprint density at radius 3 is 2.52 bits per heavy atom. The van der Waals surface area contributed by atoms with Gasteiger partial charge in [0.25, 0.3) is 0 Å². The molecule has 1 aromatic carbocycles. The number of hydrogen-bond acceptors (Lipinski definition) is 5. The van der Waals surface area contributed by atoms with Gasteiger partial charge in [0.1, 0.15) is 0 Å². The van der Waals surface area contributed by atoms with Gasteiger partial charge in [-0.3, -0.25) is 4.98 Å². The van der Waals surface area contributed by atoms with Gasteiger partial charge in [0.2, 0.25) is 10.0 Å². The average molecular weight is 306 g/mol. The summed E-state index contributed by atoms with van der Waals surface area (Å²) in [5.74, 6) is 0. The summed E-state index contributed by atoms with van der Waals surface area (Å²) in [6.45, 7) is 4.12. The Kier molecular flexibility index (Phi) is 4.15. The lowest BCUT2D eigenvalue weighted by Crippen LogP contribution is -2.15. The fraction of sp³-hybridized carbons (Fsp3) is 0.214. The van der Waals surface area contributed by atoms with E-state index in [1.807, 2.05) is 19.1 Å². The second-order valence-electron chi connectivity index (χ2n) is 4.90. The van der Waals surface area contributed by atoms with Gasteiger partial charge in [0.05, 0.1) is 4.90 Å². The Bertz CT molecular complexity index is 755. The molecule has 0 aliphatic carbocycles. The van der Waals surface area contributed by atoms with E-state index in [4.69, 9.17) is 10.9 Å². The minimum Gasteiger partial charge on any atom is -0.399 e. The second-order valence-corrected chi connectivity index (χ2v) is 6.43. The number of benzene rings is 1. The lowest BCUT2D eigenvalue weighted by molar-refractivity contribution is 0.597. The van der Waals surface area contributed by atoms with Gasteiger partial charge in [-0.25, -0.2) is 13.6 Å². The van der Waals surface area contributed by atoms with Crippen LogP contribution in [0.3, 0.4) is 0 Å². The monoisotopic (exact) mass is 306 g/mol. The first-order valence-corrected chi connectivity index (χ1v) is 7.90. The zero-order valence-corrected chi connectivity index (χ0v) is 12.7. The third-order valence-corrected chi connectivity index (χ3v) is 4.18. The summed E-state index contributed by atoms with van der Waals surface area (Å²) in [5, 5.41) is 8.36. The minimum absolute atomic E-state index is 0.0343. The molecule has 6 nitrogen and oxygen atoms in total. The molecule has 0 radical (unpaired) electrons. The lowest BCUT2D eigenvalue weighted by atomic mass is 10.1. The number of anilines is 2. The molecule has 0 saturated heterocycles. The van der Waals surface area contributed by atoms with Crippen molar-refractivity contribution < 1.29 is 8.42 Å². The van der Waals surface area contributed by atoms with Crippen molar-refractivity contribution in [2.45, 2.75) is 25.3 Å². The van der Waals surface area contributed by atoms with Gasteiger partial charge < -0.3 is 11.1 Å². The van der Waals surface area contributed by atoms with Gasteiger partial charge in [-0.05, 0) is 43.2 Å². The molecule has 1 aromatic heterocycles. The Hall–Kier alpha value is -2.12. The number of nitrogens with one attached hydrogen (secondary N) is 1. The van der Waals surface area contributed by atoms with E-state index in [0.29, 0.717) is 23.5 Å². The fourth-order valence-electron chi connectivity index (χ4n) is 1.99. The lowest BCUT2D eigenvalue weighted by Gasteiger charge is -2.13. The molecule has 0 amide bonds. The third-order valence-electron chi connectivity index (χ3n) is 3.14. The van der Waals surface area contributed by atoms with E-state index in [1.54, 1.807) is 19.2 Å². The first-order chi connectivity index (χ1) is 9.77. The summed E-state index contributed by atoms with van der Waals surface area (Å²) in [6.07, 6.45) is 1.77. The van der Waals surface area contributed by atoms with Gasteiger partial charge in [-0.1, -0.05) is 6.07 Å². The standard InChI is InChI=1S/C14H18N4O2S/c1-9-3-4-11(7-17-9)8-18-13-5-12(15)6-14(10(13)2)21(16,19)20/h3-7,18H,8,15H2,1-2H3,(H2,16,19,20). The summed E-state index contributed by atoms with van der Waals surface area (Å²) in [6, 6.07) is 6.92. The van der Waals surface area contributed by atoms with E-state index in [-0.39, 0.29) is 4.90 Å². The van der Waals surface area contributed by atoms with Crippen molar-refractivity contribution in [1.82, 2.24) is 4.98 Å². The zero-order chi connectivity index (χ0) is 15.6. The maximum Gasteiger partial charge on any atom is 0.238 e. The Balaban J connectivity index is 2.28. The minimum atomic E-state index is -3.80. The summed E-state index contributed by atoms with van der Waals surface area (Å²) >= 11 is 0. The number of nitrogens with two attached hydrogens (primary N) is 2. The summed E-state index contributed by atoms with van der Waals surface area (Å²) in [4.78, 5) is 4.24. The Labute approximate surface area is 124 Å². The first-order valence-electron chi connectivity index (χ1n) is 6.35. The number of aromatic nitrogens is 1. The van der Waals surface area contributed by atoms with Crippen LogP contribution in [0.15, 0.2) is 35.4 Å². The SMILES string of the molecule is Cc1ccc(CNc2cc(N)cc(S(N)(=O)=O)c2C)cn1. The van der Waals surface area contributed by atoms with Crippen LogP contribution >= 0.6 is 0 Å². The number of aryl methyl sites for hydroxylation is 1. The summed E-state index contributed by atoms with van der Waals surface area (Å²) in [5.41, 5.74) is 9.20. The maximum atomic E-state index is 11.6. The third kappa shape index (κ3) is 3.71. The van der Waals surface area contributed by atoms with Crippen LogP contribution < -0.4 is 16.2 Å². The van der Waals surface area contributed by atoms with Crippen LogP contribution in [0.1, 0.15) is 16.8 Å². The molecule has 2 rings (SSSR count). The van der Waals surface area contributed by atoms with Crippen LogP contribution in [0, 0.1) is 13.8 Å². The molecule has 0 aliphatic heterocycles. The molecule has 5 N–H and O–H groups in total. The normalized spacial score (nSPS) is 11.4. The molecule has 0 unspecified atom stereocenters. The number of rotatable bonds is 4. The molecule has 0 aliphatic rings. The topological polar surface area (TPSA) is 111 Å². The first kappa shape index (κ1) is 15.3. The molecule has 0 saturated carbocycles. The zero-order valence-electron chi connectivity index (χ0n) is 11.9. The fourth-order valence-corrected chi connectivity index (χ4v) is 2.83. The Morgan fingerprint density at radius 1 is 1.24 bits per heavy atom. The average Bonchev–Trinajstić information content (AvgIpc) is 2.40. The van der Waals surface area contributed by atoms with Crippen LogP contribution in [0.2, 0.25) is 0 Å². The highest BCUT2D eigenvalue weighted by molar-refractivity contribution is 7.89.